The SMILES string of the molecule is O=C(c1cccc2c3c([nH]c12)CCCC3)N1CCNCC1. The Morgan fingerprint density at radius 1 is 1.10 bits per heavy atom. The molecule has 2 aromatic rings. The summed E-state index contributed by atoms with van der Waals surface area (Å²) in [5.41, 5.74) is 4.67. The quantitative estimate of drug-likeness (QED) is 0.842. The number of aryl methyl sites for hydroxylation is 2. The Balaban J connectivity index is 1.78. The summed E-state index contributed by atoms with van der Waals surface area (Å²) in [6.45, 7) is 3.39. The van der Waals surface area contributed by atoms with Crippen LogP contribution >= 0.6 is 0 Å². The van der Waals surface area contributed by atoms with Gasteiger partial charge in [-0.2, -0.15) is 0 Å². The highest BCUT2D eigenvalue weighted by Gasteiger charge is 2.23. The van der Waals surface area contributed by atoms with Crippen molar-refractivity contribution in [3.8, 4) is 0 Å². The van der Waals surface area contributed by atoms with Gasteiger partial charge in [-0.1, -0.05) is 12.1 Å². The van der Waals surface area contributed by atoms with Gasteiger partial charge in [0, 0.05) is 37.3 Å². The van der Waals surface area contributed by atoms with Crippen molar-refractivity contribution in [1.82, 2.24) is 15.2 Å². The van der Waals surface area contributed by atoms with E-state index in [0.717, 1.165) is 50.1 Å². The van der Waals surface area contributed by atoms with Gasteiger partial charge in [-0.15, -0.1) is 0 Å². The molecule has 0 spiro atoms. The van der Waals surface area contributed by atoms with E-state index in [9.17, 15) is 4.79 Å². The van der Waals surface area contributed by atoms with Gasteiger partial charge in [0.25, 0.3) is 5.91 Å². The standard InChI is InChI=1S/C17H21N3O/c21-17(20-10-8-18-9-11-20)14-6-3-5-13-12-4-1-2-7-15(12)19-16(13)14/h3,5-6,18-19H,1-2,4,7-11H2. The third-order valence-corrected chi connectivity index (χ3v) is 4.77. The van der Waals surface area contributed by atoms with Crippen molar-refractivity contribution >= 4 is 16.8 Å². The minimum atomic E-state index is 0.167. The fraction of sp³-hybridized carbons (Fsp3) is 0.471. The molecule has 1 fully saturated rings. The molecule has 4 heteroatoms. The minimum Gasteiger partial charge on any atom is -0.358 e. The van der Waals surface area contributed by atoms with Crippen molar-refractivity contribution in [2.45, 2.75) is 25.7 Å². The Kier molecular flexibility index (Phi) is 3.19. The molecule has 1 aromatic carbocycles. The zero-order valence-electron chi connectivity index (χ0n) is 12.2. The fourth-order valence-corrected chi connectivity index (χ4v) is 3.65. The highest BCUT2D eigenvalue weighted by atomic mass is 16.2. The molecule has 1 saturated heterocycles. The van der Waals surface area contributed by atoms with E-state index in [0.29, 0.717) is 0 Å². The number of carbonyl (C=O) groups excluding carboxylic acids is 1. The molecule has 1 amide bonds. The van der Waals surface area contributed by atoms with Crippen molar-refractivity contribution < 1.29 is 4.79 Å². The highest BCUT2D eigenvalue weighted by Crippen LogP contribution is 2.31. The molecule has 0 saturated carbocycles. The molecule has 1 aliphatic heterocycles. The van der Waals surface area contributed by atoms with E-state index in [4.69, 9.17) is 0 Å². The third-order valence-electron chi connectivity index (χ3n) is 4.77. The van der Waals surface area contributed by atoms with E-state index < -0.39 is 0 Å². The summed E-state index contributed by atoms with van der Waals surface area (Å²) in [6.07, 6.45) is 4.77. The van der Waals surface area contributed by atoms with E-state index in [-0.39, 0.29) is 5.91 Å². The summed E-state index contributed by atoms with van der Waals surface area (Å²) in [5.74, 6) is 0.167. The van der Waals surface area contributed by atoms with Crippen molar-refractivity contribution in [2.24, 2.45) is 0 Å². The van der Waals surface area contributed by atoms with Crippen LogP contribution in [0.2, 0.25) is 0 Å². The predicted octanol–water partition coefficient (Wildman–Crippen LogP) is 2.09. The Morgan fingerprint density at radius 2 is 1.90 bits per heavy atom. The summed E-state index contributed by atoms with van der Waals surface area (Å²) in [7, 11) is 0. The maximum absolute atomic E-state index is 12.8. The monoisotopic (exact) mass is 283 g/mol. The molecular weight excluding hydrogens is 262 g/mol. The maximum Gasteiger partial charge on any atom is 0.256 e. The molecular formula is C17H21N3O. The zero-order chi connectivity index (χ0) is 14.2. The minimum absolute atomic E-state index is 0.167. The van der Waals surface area contributed by atoms with Crippen molar-refractivity contribution in [3.63, 3.8) is 0 Å². The average Bonchev–Trinajstić information content (AvgIpc) is 2.94. The van der Waals surface area contributed by atoms with Crippen LogP contribution in [0.3, 0.4) is 0 Å². The summed E-state index contributed by atoms with van der Waals surface area (Å²) >= 11 is 0. The van der Waals surface area contributed by atoms with Gasteiger partial charge in [-0.25, -0.2) is 0 Å². The number of para-hydroxylation sites is 1. The van der Waals surface area contributed by atoms with E-state index in [1.165, 1.54) is 29.5 Å². The van der Waals surface area contributed by atoms with E-state index in [2.05, 4.69) is 16.4 Å². The molecule has 2 N–H and O–H groups in total. The number of rotatable bonds is 1. The van der Waals surface area contributed by atoms with Crippen molar-refractivity contribution in [2.75, 3.05) is 26.2 Å². The van der Waals surface area contributed by atoms with Gasteiger partial charge >= 0.3 is 0 Å². The van der Waals surface area contributed by atoms with Crippen molar-refractivity contribution in [1.29, 1.82) is 0 Å². The van der Waals surface area contributed by atoms with Gasteiger partial charge in [0.2, 0.25) is 0 Å². The predicted molar refractivity (Wildman–Crippen MR) is 83.7 cm³/mol. The first-order valence-corrected chi connectivity index (χ1v) is 7.97. The number of amides is 1. The number of H-pyrrole nitrogens is 1. The Morgan fingerprint density at radius 3 is 2.76 bits per heavy atom. The summed E-state index contributed by atoms with van der Waals surface area (Å²) in [5, 5.41) is 4.55. The Hall–Kier alpha value is -1.81. The molecule has 21 heavy (non-hydrogen) atoms. The van der Waals surface area contributed by atoms with Crippen LogP contribution in [-0.2, 0) is 12.8 Å². The number of nitrogens with zero attached hydrogens (tertiary/aromatic N) is 1. The van der Waals surface area contributed by atoms with Gasteiger partial charge in [0.1, 0.15) is 0 Å². The second-order valence-electron chi connectivity index (χ2n) is 6.06. The first-order valence-electron chi connectivity index (χ1n) is 7.97. The second-order valence-corrected chi connectivity index (χ2v) is 6.06. The van der Waals surface area contributed by atoms with Crippen LogP contribution in [0.25, 0.3) is 10.9 Å². The largest absolute Gasteiger partial charge is 0.358 e. The molecule has 0 radical (unpaired) electrons. The van der Waals surface area contributed by atoms with Crippen LogP contribution in [-0.4, -0.2) is 42.0 Å². The van der Waals surface area contributed by atoms with Crippen molar-refractivity contribution in [3.05, 3.63) is 35.0 Å². The number of fused-ring (bicyclic) bond motifs is 3. The molecule has 2 heterocycles. The Bertz CT molecular complexity index is 683. The lowest BCUT2D eigenvalue weighted by Crippen LogP contribution is -2.46. The average molecular weight is 283 g/mol. The van der Waals surface area contributed by atoms with Gasteiger partial charge in [-0.3, -0.25) is 4.79 Å². The summed E-state index contributed by atoms with van der Waals surface area (Å²) < 4.78 is 0. The lowest BCUT2D eigenvalue weighted by Gasteiger charge is -2.27. The van der Waals surface area contributed by atoms with Gasteiger partial charge < -0.3 is 15.2 Å². The molecule has 2 aliphatic rings. The van der Waals surface area contributed by atoms with Gasteiger partial charge in [0.05, 0.1) is 11.1 Å². The molecule has 0 bridgehead atoms. The van der Waals surface area contributed by atoms with E-state index in [1.807, 2.05) is 17.0 Å². The number of hydrogen-bond acceptors (Lipinski definition) is 2. The van der Waals surface area contributed by atoms with Crippen LogP contribution in [0.15, 0.2) is 18.2 Å². The molecule has 0 atom stereocenters. The van der Waals surface area contributed by atoms with Crippen LogP contribution in [0.1, 0.15) is 34.5 Å². The molecule has 110 valence electrons. The second kappa shape index (κ2) is 5.19. The van der Waals surface area contributed by atoms with Crippen LogP contribution in [0.5, 0.6) is 0 Å². The van der Waals surface area contributed by atoms with E-state index in [1.54, 1.807) is 0 Å². The first-order chi connectivity index (χ1) is 10.3. The number of piperazine rings is 1. The zero-order valence-corrected chi connectivity index (χ0v) is 12.2. The highest BCUT2D eigenvalue weighted by molar-refractivity contribution is 6.06. The maximum atomic E-state index is 12.8. The third kappa shape index (κ3) is 2.14. The van der Waals surface area contributed by atoms with Crippen LogP contribution < -0.4 is 5.32 Å². The summed E-state index contributed by atoms with van der Waals surface area (Å²) in [6, 6.07) is 6.15. The number of hydrogen-bond donors (Lipinski definition) is 2. The number of aromatic amines is 1. The molecule has 0 unspecified atom stereocenters. The fourth-order valence-electron chi connectivity index (χ4n) is 3.65. The van der Waals surface area contributed by atoms with Crippen LogP contribution in [0, 0.1) is 0 Å². The Labute approximate surface area is 124 Å². The lowest BCUT2D eigenvalue weighted by atomic mass is 9.95. The smallest absolute Gasteiger partial charge is 0.256 e. The topological polar surface area (TPSA) is 48.1 Å². The number of aromatic nitrogens is 1. The lowest BCUT2D eigenvalue weighted by molar-refractivity contribution is 0.0737. The first kappa shape index (κ1) is 12.9. The molecule has 4 nitrogen and oxygen atoms in total. The van der Waals surface area contributed by atoms with Gasteiger partial charge in [-0.05, 0) is 37.3 Å². The number of nitrogens with one attached hydrogen (secondary N) is 2. The number of benzene rings is 1. The molecule has 1 aromatic heterocycles. The normalized spacial score (nSPS) is 18.8. The summed E-state index contributed by atoms with van der Waals surface area (Å²) in [4.78, 5) is 18.3. The molecule has 4 rings (SSSR count). The molecule has 1 aliphatic carbocycles. The van der Waals surface area contributed by atoms with Crippen LogP contribution in [0.4, 0.5) is 0 Å². The van der Waals surface area contributed by atoms with E-state index >= 15 is 0 Å². The van der Waals surface area contributed by atoms with Gasteiger partial charge in [0.15, 0.2) is 0 Å². The number of carbonyl (C=O) groups is 1.